The second-order valence-corrected chi connectivity index (χ2v) is 12.3. The minimum absolute atomic E-state index is 1.16. The number of hydrogen-bond donors (Lipinski definition) is 1. The second-order valence-electron chi connectivity index (χ2n) is 7.30. The van der Waals surface area contributed by atoms with Gasteiger partial charge in [0.1, 0.15) is 8.07 Å². The summed E-state index contributed by atoms with van der Waals surface area (Å²) in [5.41, 5.74) is 9.17. The molecule has 0 aromatic heterocycles. The summed E-state index contributed by atoms with van der Waals surface area (Å²) in [6.07, 6.45) is 8.34. The van der Waals surface area contributed by atoms with E-state index in [0.717, 1.165) is 6.42 Å². The molecule has 1 N–H and O–H groups in total. The van der Waals surface area contributed by atoms with Crippen LogP contribution < -0.4 is 5.43 Å². The zero-order chi connectivity index (χ0) is 15.6. The molecule has 1 aliphatic carbocycles. The fraction of sp³-hybridized carbons (Fsp3) is 0.421. The van der Waals surface area contributed by atoms with Gasteiger partial charge >= 0.3 is 0 Å². The Hall–Kier alpha value is -1.61. The molecule has 0 saturated heterocycles. The highest BCUT2D eigenvalue weighted by molar-refractivity contribution is 6.84. The minimum Gasteiger partial charge on any atom is -0.286 e. The predicted octanol–water partition coefficient (Wildman–Crippen LogP) is 5.12. The number of benzene rings is 1. The van der Waals surface area contributed by atoms with Crippen molar-refractivity contribution in [2.75, 3.05) is 0 Å². The fourth-order valence-electron chi connectivity index (χ4n) is 3.38. The molecule has 0 fully saturated rings. The van der Waals surface area contributed by atoms with Gasteiger partial charge in [0.25, 0.3) is 0 Å². The van der Waals surface area contributed by atoms with E-state index in [2.05, 4.69) is 66.7 Å². The quantitative estimate of drug-likeness (QED) is 0.753. The molecule has 116 valence electrons. The van der Waals surface area contributed by atoms with Crippen LogP contribution in [0.3, 0.4) is 0 Å². The molecule has 0 bridgehead atoms. The second kappa shape index (κ2) is 6.25. The number of allylic oxidation sites excluding steroid dienone is 3. The lowest BCUT2D eigenvalue weighted by atomic mass is 9.92. The van der Waals surface area contributed by atoms with Gasteiger partial charge in [0.15, 0.2) is 0 Å². The van der Waals surface area contributed by atoms with Gasteiger partial charge in [-0.2, -0.15) is 5.10 Å². The Balaban J connectivity index is 2.23. The summed E-state index contributed by atoms with van der Waals surface area (Å²) in [6.45, 7) is 7.20. The molecule has 0 saturated carbocycles. The third-order valence-electron chi connectivity index (χ3n) is 4.52. The van der Waals surface area contributed by atoms with Crippen LogP contribution in [0.25, 0.3) is 5.57 Å². The number of hydrogen-bond acceptors (Lipinski definition) is 2. The normalized spacial score (nSPS) is 19.4. The van der Waals surface area contributed by atoms with Crippen LogP contribution in [-0.4, -0.2) is 14.3 Å². The predicted molar refractivity (Wildman–Crippen MR) is 98.4 cm³/mol. The van der Waals surface area contributed by atoms with Gasteiger partial charge in [-0.1, -0.05) is 56.4 Å². The molecule has 0 amide bonds. The maximum Gasteiger partial charge on any atom is 0.101 e. The smallest absolute Gasteiger partial charge is 0.101 e. The summed E-state index contributed by atoms with van der Waals surface area (Å²) in [4.78, 5) is 0. The lowest BCUT2D eigenvalue weighted by Gasteiger charge is -2.25. The molecule has 0 spiro atoms. The molecule has 1 heterocycles. The van der Waals surface area contributed by atoms with Crippen molar-refractivity contribution in [2.24, 2.45) is 5.10 Å². The average Bonchev–Trinajstić information content (AvgIpc) is 2.81. The van der Waals surface area contributed by atoms with Gasteiger partial charge in [0.2, 0.25) is 0 Å². The zero-order valence-corrected chi connectivity index (χ0v) is 14.9. The lowest BCUT2D eigenvalue weighted by molar-refractivity contribution is 0.711. The highest BCUT2D eigenvalue weighted by Gasteiger charge is 2.28. The number of nitrogens with zero attached hydrogens (tertiary/aromatic N) is 1. The maximum absolute atomic E-state index is 4.56. The topological polar surface area (TPSA) is 24.4 Å². The molecular formula is C19H26N2Si. The van der Waals surface area contributed by atoms with Gasteiger partial charge in [0, 0.05) is 10.9 Å². The molecule has 0 atom stereocenters. The van der Waals surface area contributed by atoms with Gasteiger partial charge in [-0.3, -0.25) is 5.43 Å². The third-order valence-corrected chi connectivity index (χ3v) is 6.38. The van der Waals surface area contributed by atoms with Gasteiger partial charge < -0.3 is 0 Å². The summed E-state index contributed by atoms with van der Waals surface area (Å²) in [5, 5.41) is 5.94. The van der Waals surface area contributed by atoms with Crippen molar-refractivity contribution in [1.29, 1.82) is 0 Å². The Morgan fingerprint density at radius 2 is 1.68 bits per heavy atom. The van der Waals surface area contributed by atoms with Gasteiger partial charge in [-0.15, -0.1) is 0 Å². The highest BCUT2D eigenvalue weighted by atomic mass is 28.3. The molecule has 1 aromatic carbocycles. The third kappa shape index (κ3) is 3.09. The first-order valence-electron chi connectivity index (χ1n) is 8.39. The lowest BCUT2D eigenvalue weighted by Crippen LogP contribution is -2.33. The van der Waals surface area contributed by atoms with Crippen LogP contribution in [0.5, 0.6) is 0 Å². The molecule has 2 aliphatic rings. The van der Waals surface area contributed by atoms with E-state index in [9.17, 15) is 0 Å². The van der Waals surface area contributed by atoms with Crippen LogP contribution in [0.1, 0.15) is 37.7 Å². The van der Waals surface area contributed by atoms with E-state index in [0.29, 0.717) is 0 Å². The summed E-state index contributed by atoms with van der Waals surface area (Å²) < 4.78 is 0. The van der Waals surface area contributed by atoms with E-state index < -0.39 is 8.07 Å². The van der Waals surface area contributed by atoms with Crippen molar-refractivity contribution in [3.8, 4) is 0 Å². The first-order valence-corrected chi connectivity index (χ1v) is 11.9. The van der Waals surface area contributed by atoms with E-state index in [1.54, 1.807) is 0 Å². The Morgan fingerprint density at radius 3 is 2.41 bits per heavy atom. The monoisotopic (exact) mass is 310 g/mol. The van der Waals surface area contributed by atoms with Crippen LogP contribution in [0.15, 0.2) is 51.9 Å². The summed E-state index contributed by atoms with van der Waals surface area (Å²) in [5.74, 6) is 0. The first kappa shape index (κ1) is 15.3. The van der Waals surface area contributed by atoms with Crippen molar-refractivity contribution in [2.45, 2.75) is 51.7 Å². The van der Waals surface area contributed by atoms with E-state index in [-0.39, 0.29) is 0 Å². The molecule has 3 heteroatoms. The summed E-state index contributed by atoms with van der Waals surface area (Å²) in [6, 6.07) is 10.9. The van der Waals surface area contributed by atoms with Crippen molar-refractivity contribution in [3.05, 3.63) is 52.4 Å². The average molecular weight is 311 g/mol. The number of nitrogens with one attached hydrogen (secondary N) is 1. The van der Waals surface area contributed by atoms with E-state index in [1.807, 2.05) is 0 Å². The van der Waals surface area contributed by atoms with Crippen molar-refractivity contribution in [3.63, 3.8) is 0 Å². The highest BCUT2D eigenvalue weighted by Crippen LogP contribution is 2.38. The van der Waals surface area contributed by atoms with Crippen molar-refractivity contribution in [1.82, 2.24) is 5.43 Å². The van der Waals surface area contributed by atoms with E-state index >= 15 is 0 Å². The van der Waals surface area contributed by atoms with Crippen LogP contribution in [-0.2, 0) is 0 Å². The number of rotatable bonds is 2. The molecule has 3 rings (SSSR count). The molecule has 1 aromatic rings. The van der Waals surface area contributed by atoms with Gasteiger partial charge in [0.05, 0.1) is 6.21 Å². The van der Waals surface area contributed by atoms with Crippen LogP contribution >= 0.6 is 0 Å². The fourth-order valence-corrected chi connectivity index (χ4v) is 4.83. The van der Waals surface area contributed by atoms with E-state index in [1.165, 1.54) is 53.3 Å². The maximum atomic E-state index is 4.56. The van der Waals surface area contributed by atoms with E-state index in [4.69, 9.17) is 0 Å². The Kier molecular flexibility index (Phi) is 4.34. The molecule has 22 heavy (non-hydrogen) atoms. The molecule has 2 nitrogen and oxygen atoms in total. The molecule has 0 unspecified atom stereocenters. The Morgan fingerprint density at radius 1 is 0.955 bits per heavy atom. The standard InChI is InChI=1S/C19H26N2Si/c1-22(2,3)19-18(15-10-6-4-7-11-15)17-13-9-5-8-12-16(17)14-20-21-19/h4,6-7,10-11,14,21H,5,8-9,12-13H2,1-3H3. The largest absolute Gasteiger partial charge is 0.286 e. The van der Waals surface area contributed by atoms with Gasteiger partial charge in [-0.25, -0.2) is 0 Å². The SMILES string of the molecule is C[Si](C)(C)C1=C(c2ccccc2)C2=C(C=NN1)CCCCC2. The summed E-state index contributed by atoms with van der Waals surface area (Å²) >= 11 is 0. The Bertz CT molecular complexity index is 633. The van der Waals surface area contributed by atoms with Crippen LogP contribution in [0.4, 0.5) is 0 Å². The first-order chi connectivity index (χ1) is 10.6. The summed E-state index contributed by atoms with van der Waals surface area (Å²) in [7, 11) is -1.51. The molecular weight excluding hydrogens is 284 g/mol. The number of hydrazone groups is 1. The Labute approximate surface area is 135 Å². The molecule has 1 aliphatic heterocycles. The zero-order valence-electron chi connectivity index (χ0n) is 13.9. The molecule has 0 radical (unpaired) electrons. The van der Waals surface area contributed by atoms with Crippen LogP contribution in [0.2, 0.25) is 19.6 Å². The van der Waals surface area contributed by atoms with Crippen molar-refractivity contribution >= 4 is 19.9 Å². The van der Waals surface area contributed by atoms with Gasteiger partial charge in [-0.05, 0) is 42.4 Å². The minimum atomic E-state index is -1.51. The van der Waals surface area contributed by atoms with Crippen molar-refractivity contribution < 1.29 is 0 Å². The van der Waals surface area contributed by atoms with Crippen LogP contribution in [0, 0.1) is 0 Å².